The summed E-state index contributed by atoms with van der Waals surface area (Å²) < 4.78 is 18.7. The van der Waals surface area contributed by atoms with Crippen LogP contribution in [0.2, 0.25) is 0 Å². The number of amides is 1. The fourth-order valence-corrected chi connectivity index (χ4v) is 5.24. The molecule has 0 spiro atoms. The van der Waals surface area contributed by atoms with Gasteiger partial charge in [0.25, 0.3) is 0 Å². The van der Waals surface area contributed by atoms with E-state index in [1.807, 2.05) is 12.2 Å². The van der Waals surface area contributed by atoms with Crippen molar-refractivity contribution in [3.05, 3.63) is 24.3 Å². The first-order valence-electron chi connectivity index (χ1n) is 17.5. The predicted molar refractivity (Wildman–Crippen MR) is 179 cm³/mol. The number of nitrogens with zero attached hydrogens (tertiary/aromatic N) is 3. The number of alkyl carbamates (subject to hydrolysis) is 1. The quantitative estimate of drug-likeness (QED) is 0.0219. The Morgan fingerprint density at radius 2 is 1.26 bits per heavy atom. The molecular formula is C34H56N6O10+2. The van der Waals surface area contributed by atoms with Crippen LogP contribution in [0.4, 0.5) is 4.79 Å². The average molecular weight is 709 g/mol. The van der Waals surface area contributed by atoms with Crippen LogP contribution in [0, 0.1) is 0 Å². The molecule has 0 saturated carbocycles. The van der Waals surface area contributed by atoms with Crippen LogP contribution in [-0.2, 0) is 43.1 Å². The third kappa shape index (κ3) is 17.8. The standard InChI is InChI=1S/C34H55N6O10/c1-27(2)32(43)46-21-29(22-47-33(44)28(3)4)50-34(45)35-17-11-5-6-14-20-40(48-23-36-30-15-9-7-12-18-38(30)25-41)49-24-37-31-16-10-8-13-19-39(31)26-42/h29-31,36-37H,1,3,5-24H2,2,4H3/q+1/p+1. The lowest BCUT2D eigenvalue weighted by Crippen LogP contribution is -2.44. The number of carbonyl (C=O) groups excluding carboxylic acids is 5. The molecule has 2 atom stereocenters. The number of hydrogen-bond donors (Lipinski definition) is 3. The topological polar surface area (TPSA) is 177 Å². The Hall–Kier alpha value is -3.75. The Balaban J connectivity index is 1.78. The highest BCUT2D eigenvalue weighted by Crippen LogP contribution is 2.12. The summed E-state index contributed by atoms with van der Waals surface area (Å²) in [4.78, 5) is 70.6. The van der Waals surface area contributed by atoms with E-state index in [9.17, 15) is 24.0 Å². The Labute approximate surface area is 294 Å². The molecule has 0 aromatic rings. The molecule has 2 rings (SSSR count). The van der Waals surface area contributed by atoms with Gasteiger partial charge in [0.2, 0.25) is 12.3 Å². The van der Waals surface area contributed by atoms with E-state index in [1.54, 1.807) is 9.15 Å². The fraction of sp³-hybridized carbons (Fsp3) is 0.735. The third-order valence-electron chi connectivity index (χ3n) is 8.10. The zero-order chi connectivity index (χ0) is 36.6. The van der Waals surface area contributed by atoms with E-state index >= 15 is 0 Å². The molecule has 3 N–H and O–H groups in total. The minimum atomic E-state index is -1.01. The Morgan fingerprint density at radius 3 is 1.74 bits per heavy atom. The summed E-state index contributed by atoms with van der Waals surface area (Å²) in [6.07, 6.45) is 12.6. The van der Waals surface area contributed by atoms with Crippen LogP contribution >= 0.6 is 0 Å². The predicted octanol–water partition coefficient (Wildman–Crippen LogP) is 2.64. The molecule has 0 radical (unpaired) electrons. The minimum absolute atomic E-state index is 0.131. The molecule has 0 aromatic carbocycles. The number of nitrogens with one attached hydrogen (secondary N) is 3. The van der Waals surface area contributed by atoms with E-state index in [1.165, 1.54) is 19.1 Å². The van der Waals surface area contributed by atoms with Gasteiger partial charge >= 0.3 is 30.2 Å². The molecule has 0 aliphatic carbocycles. The molecule has 280 valence electrons. The van der Waals surface area contributed by atoms with Crippen molar-refractivity contribution in [3.63, 3.8) is 0 Å². The second-order valence-corrected chi connectivity index (χ2v) is 12.4. The summed E-state index contributed by atoms with van der Waals surface area (Å²) in [5, 5.41) is 10.6. The van der Waals surface area contributed by atoms with Crippen LogP contribution in [-0.4, -0.2) is 116 Å². The lowest BCUT2D eigenvalue weighted by molar-refractivity contribution is -0.572. The number of unbranched alkanes of at least 4 members (excludes halogenated alkanes) is 3. The normalized spacial score (nSPS) is 18.0. The molecule has 2 saturated heterocycles. The van der Waals surface area contributed by atoms with Gasteiger partial charge in [0.15, 0.2) is 19.2 Å². The van der Waals surface area contributed by atoms with Crippen molar-refractivity contribution in [1.29, 1.82) is 0 Å². The number of isocyanates is 2. The molecule has 50 heavy (non-hydrogen) atoms. The first-order chi connectivity index (χ1) is 24.1. The van der Waals surface area contributed by atoms with E-state index in [-0.39, 0.29) is 50.2 Å². The maximum Gasteiger partial charge on any atom is 0.425 e. The van der Waals surface area contributed by atoms with Crippen molar-refractivity contribution in [3.8, 4) is 0 Å². The maximum atomic E-state index is 12.4. The summed E-state index contributed by atoms with van der Waals surface area (Å²) in [5.41, 5.74) is 0.363. The van der Waals surface area contributed by atoms with Gasteiger partial charge in [-0.2, -0.15) is 9.59 Å². The lowest BCUT2D eigenvalue weighted by atomic mass is 10.2. The zero-order valence-corrected chi connectivity index (χ0v) is 29.7. The molecule has 2 heterocycles. The number of rotatable bonds is 22. The molecular weight excluding hydrogens is 652 g/mol. The van der Waals surface area contributed by atoms with E-state index in [4.69, 9.17) is 23.9 Å². The van der Waals surface area contributed by atoms with Gasteiger partial charge in [0.1, 0.15) is 26.7 Å². The summed E-state index contributed by atoms with van der Waals surface area (Å²) in [7, 11) is 0. The van der Waals surface area contributed by atoms with E-state index in [0.29, 0.717) is 32.6 Å². The van der Waals surface area contributed by atoms with Gasteiger partial charge in [0.05, 0.1) is 6.54 Å². The summed E-state index contributed by atoms with van der Waals surface area (Å²) in [6, 6.07) is 0. The Kier molecular flexibility index (Phi) is 21.4. The molecule has 2 unspecified atom stereocenters. The first kappa shape index (κ1) is 42.4. The zero-order valence-electron chi connectivity index (χ0n) is 29.7. The highest BCUT2D eigenvalue weighted by Gasteiger charge is 2.26. The average Bonchev–Trinajstić information content (AvgIpc) is 3.48. The summed E-state index contributed by atoms with van der Waals surface area (Å²) in [5.74, 6) is -1.31. The van der Waals surface area contributed by atoms with Gasteiger partial charge in [-0.15, -0.1) is 9.15 Å². The minimum Gasteiger partial charge on any atom is -0.458 e. The van der Waals surface area contributed by atoms with E-state index in [2.05, 4.69) is 29.1 Å². The number of ether oxygens (including phenoxy) is 3. The molecule has 16 nitrogen and oxygen atoms in total. The number of hydrogen-bond acceptors (Lipinski definition) is 13. The smallest absolute Gasteiger partial charge is 0.425 e. The van der Waals surface area contributed by atoms with Crippen molar-refractivity contribution in [1.82, 2.24) is 21.2 Å². The van der Waals surface area contributed by atoms with Crippen LogP contribution in [0.15, 0.2) is 24.3 Å². The van der Waals surface area contributed by atoms with Crippen LogP contribution in [0.5, 0.6) is 0 Å². The van der Waals surface area contributed by atoms with Crippen LogP contribution in [0.1, 0.15) is 90.9 Å². The van der Waals surface area contributed by atoms with Crippen LogP contribution in [0.3, 0.4) is 0 Å². The second kappa shape index (κ2) is 25.2. The highest BCUT2D eigenvalue weighted by atomic mass is 17.0. The van der Waals surface area contributed by atoms with Gasteiger partial charge in [-0.1, -0.05) is 31.2 Å². The molecule has 2 fully saturated rings. The van der Waals surface area contributed by atoms with Crippen molar-refractivity contribution >= 4 is 30.2 Å². The van der Waals surface area contributed by atoms with E-state index in [0.717, 1.165) is 70.6 Å². The monoisotopic (exact) mass is 708 g/mol. The highest BCUT2D eigenvalue weighted by molar-refractivity contribution is 5.87. The first-order valence-corrected chi connectivity index (χ1v) is 17.5. The van der Waals surface area contributed by atoms with Gasteiger partial charge in [-0.25, -0.2) is 25.0 Å². The van der Waals surface area contributed by atoms with E-state index < -0.39 is 24.1 Å². The van der Waals surface area contributed by atoms with Gasteiger partial charge < -0.3 is 19.5 Å². The van der Waals surface area contributed by atoms with Crippen molar-refractivity contribution in [2.24, 2.45) is 0 Å². The van der Waals surface area contributed by atoms with Gasteiger partial charge in [-0.05, 0) is 52.4 Å². The summed E-state index contributed by atoms with van der Waals surface area (Å²) in [6.45, 7) is 11.7. The lowest BCUT2D eigenvalue weighted by Gasteiger charge is -2.23. The number of hydroxylamine groups is 2. The van der Waals surface area contributed by atoms with Crippen LogP contribution < -0.4 is 16.0 Å². The van der Waals surface area contributed by atoms with Crippen molar-refractivity contribution in [2.75, 3.05) is 52.9 Å². The van der Waals surface area contributed by atoms with Crippen molar-refractivity contribution < 1.29 is 57.0 Å². The Morgan fingerprint density at radius 1 is 0.760 bits per heavy atom. The molecule has 16 heteroatoms. The number of esters is 2. The second-order valence-electron chi connectivity index (χ2n) is 12.4. The third-order valence-corrected chi connectivity index (χ3v) is 8.10. The fourth-order valence-electron chi connectivity index (χ4n) is 5.24. The van der Waals surface area contributed by atoms with Gasteiger partial charge in [-0.3, -0.25) is 9.68 Å². The molecule has 0 aromatic heterocycles. The van der Waals surface area contributed by atoms with Crippen LogP contribution in [0.25, 0.3) is 0 Å². The Bertz CT molecular complexity index is 1140. The van der Waals surface area contributed by atoms with Gasteiger partial charge in [0, 0.05) is 43.4 Å². The molecule has 0 bridgehead atoms. The largest absolute Gasteiger partial charge is 0.458 e. The molecule has 1 amide bonds. The molecule has 2 aliphatic heterocycles. The molecule has 2 aliphatic rings. The van der Waals surface area contributed by atoms with Crippen molar-refractivity contribution in [2.45, 2.75) is 109 Å². The SMILES string of the molecule is C=C(C)C(=O)OCC(COC(=O)C(=C)C)OC(=O)NCCCCCCN(OCNC1CCCCC[N+]1=C=O)OCNC1CCCCC[N+]1=C=O. The number of carbonyl (C=O) groups is 3. The summed E-state index contributed by atoms with van der Waals surface area (Å²) >= 11 is 0. The maximum absolute atomic E-state index is 12.4.